The fourth-order valence-corrected chi connectivity index (χ4v) is 5.97. The number of likely N-dealkylation sites (tertiary alicyclic amines) is 2. The summed E-state index contributed by atoms with van der Waals surface area (Å²) in [6.07, 6.45) is 5.59. The molecule has 3 fully saturated rings. The molecule has 0 bridgehead atoms. The van der Waals surface area contributed by atoms with E-state index in [0.717, 1.165) is 49.1 Å². The first-order valence-electron chi connectivity index (χ1n) is 10.8. The van der Waals surface area contributed by atoms with Gasteiger partial charge in [0.25, 0.3) is 0 Å². The van der Waals surface area contributed by atoms with Crippen LogP contribution in [0.5, 0.6) is 0 Å². The quantitative estimate of drug-likeness (QED) is 0.571. The molecule has 0 N–H and O–H groups in total. The van der Waals surface area contributed by atoms with Crippen LogP contribution in [0.15, 0.2) is 22.7 Å². The summed E-state index contributed by atoms with van der Waals surface area (Å²) >= 11 is 3.59. The van der Waals surface area contributed by atoms with Gasteiger partial charge in [-0.15, -0.1) is 0 Å². The average Bonchev–Trinajstić information content (AvgIpc) is 3.07. The van der Waals surface area contributed by atoms with Gasteiger partial charge < -0.3 is 14.5 Å². The first kappa shape index (κ1) is 21.1. The average molecular weight is 467 g/mol. The van der Waals surface area contributed by atoms with Gasteiger partial charge in [-0.3, -0.25) is 0 Å². The summed E-state index contributed by atoms with van der Waals surface area (Å²) < 4.78 is 20.2. The minimum absolute atomic E-state index is 0.150. The molecule has 4 rings (SSSR count). The van der Waals surface area contributed by atoms with Gasteiger partial charge in [-0.1, -0.05) is 15.9 Å². The normalized spacial score (nSPS) is 25.3. The largest absolute Gasteiger partial charge is 0.444 e. The van der Waals surface area contributed by atoms with Crippen molar-refractivity contribution in [1.82, 2.24) is 9.80 Å². The second-order valence-corrected chi connectivity index (χ2v) is 11.1. The summed E-state index contributed by atoms with van der Waals surface area (Å²) in [5.41, 5.74) is 0.975. The number of halogens is 2. The summed E-state index contributed by atoms with van der Waals surface area (Å²) in [5, 5.41) is 0. The molecule has 2 saturated heterocycles. The molecule has 1 atom stereocenters. The Kier molecular flexibility index (Phi) is 5.71. The summed E-state index contributed by atoms with van der Waals surface area (Å²) in [7, 11) is 0. The number of hydrogen-bond acceptors (Lipinski definition) is 3. The summed E-state index contributed by atoms with van der Waals surface area (Å²) in [6.45, 7) is 9.57. The van der Waals surface area contributed by atoms with Gasteiger partial charge in [0.1, 0.15) is 11.4 Å². The summed E-state index contributed by atoms with van der Waals surface area (Å²) in [4.78, 5) is 16.7. The number of piperidine rings is 1. The molecule has 1 saturated carbocycles. The van der Waals surface area contributed by atoms with Crippen molar-refractivity contribution in [3.05, 3.63) is 34.1 Å². The molecule has 160 valence electrons. The lowest BCUT2D eigenvalue weighted by Crippen LogP contribution is -2.58. The molecule has 0 radical (unpaired) electrons. The maximum Gasteiger partial charge on any atom is 0.410 e. The van der Waals surface area contributed by atoms with Crippen LogP contribution in [0.3, 0.4) is 0 Å². The number of hydrogen-bond donors (Lipinski definition) is 0. The smallest absolute Gasteiger partial charge is 0.410 e. The third-order valence-corrected chi connectivity index (χ3v) is 7.55. The fraction of sp³-hybridized carbons (Fsp3) is 0.696. The molecular weight excluding hydrogens is 435 g/mol. The molecule has 2 heterocycles. The van der Waals surface area contributed by atoms with E-state index in [0.29, 0.717) is 17.4 Å². The van der Waals surface area contributed by atoms with Crippen molar-refractivity contribution in [2.75, 3.05) is 26.2 Å². The molecule has 3 aliphatic rings. The van der Waals surface area contributed by atoms with E-state index in [2.05, 4.69) is 20.8 Å². The van der Waals surface area contributed by atoms with Crippen LogP contribution in [-0.2, 0) is 4.74 Å². The lowest BCUT2D eigenvalue weighted by atomic mass is 9.78. The van der Waals surface area contributed by atoms with E-state index in [4.69, 9.17) is 4.74 Å². The van der Waals surface area contributed by atoms with Crippen molar-refractivity contribution in [1.29, 1.82) is 0 Å². The molecule has 0 unspecified atom stereocenters. The second-order valence-electron chi connectivity index (χ2n) is 10.2. The number of rotatable bonds is 2. The zero-order chi connectivity index (χ0) is 20.8. The zero-order valence-corrected chi connectivity index (χ0v) is 19.3. The van der Waals surface area contributed by atoms with Crippen molar-refractivity contribution in [2.45, 2.75) is 70.4 Å². The minimum atomic E-state index is -0.431. The Labute approximate surface area is 181 Å². The number of amides is 1. The van der Waals surface area contributed by atoms with E-state index in [9.17, 15) is 9.18 Å². The molecule has 1 aliphatic carbocycles. The van der Waals surface area contributed by atoms with E-state index in [-0.39, 0.29) is 11.9 Å². The van der Waals surface area contributed by atoms with Crippen molar-refractivity contribution in [3.63, 3.8) is 0 Å². The molecule has 1 aromatic carbocycles. The van der Waals surface area contributed by atoms with Gasteiger partial charge in [0.05, 0.1) is 0 Å². The fourth-order valence-electron chi connectivity index (χ4n) is 5.40. The molecule has 2 aliphatic heterocycles. The van der Waals surface area contributed by atoms with Crippen LogP contribution in [-0.4, -0.2) is 53.7 Å². The predicted octanol–water partition coefficient (Wildman–Crippen LogP) is 5.56. The first-order chi connectivity index (χ1) is 13.6. The van der Waals surface area contributed by atoms with Crippen LogP contribution in [0.25, 0.3) is 0 Å². The van der Waals surface area contributed by atoms with E-state index in [1.54, 1.807) is 6.07 Å². The molecule has 6 heteroatoms. The maximum absolute atomic E-state index is 13.7. The molecule has 29 heavy (non-hydrogen) atoms. The highest BCUT2D eigenvalue weighted by Crippen LogP contribution is 2.48. The van der Waals surface area contributed by atoms with Crippen molar-refractivity contribution in [2.24, 2.45) is 5.41 Å². The van der Waals surface area contributed by atoms with Gasteiger partial charge in [0.2, 0.25) is 0 Å². The van der Waals surface area contributed by atoms with Gasteiger partial charge in [-0.05, 0) is 95.6 Å². The number of carbonyl (C=O) groups is 1. The lowest BCUT2D eigenvalue weighted by molar-refractivity contribution is -0.0347. The number of ether oxygens (including phenoxy) is 1. The SMILES string of the molecule is CC(C)(C)OC(=O)N1CC2(CC[C@@H](N3CCC(c4cc(F)ccc4Br)CC3)C2)C1. The standard InChI is InChI=1S/C23H32BrFN2O2/c1-22(2,3)29-21(28)27-14-23(15-27)9-6-18(13-23)26-10-7-16(8-11-26)19-12-17(25)4-5-20(19)24/h4-5,12,16,18H,6-11,13-15H2,1-3H3/t18-/m1/s1. The van der Waals surface area contributed by atoms with Crippen LogP contribution >= 0.6 is 15.9 Å². The molecule has 1 amide bonds. The van der Waals surface area contributed by atoms with E-state index in [1.807, 2.05) is 31.7 Å². The number of nitrogens with zero attached hydrogens (tertiary/aromatic N) is 2. The highest BCUT2D eigenvalue weighted by Gasteiger charge is 2.51. The zero-order valence-electron chi connectivity index (χ0n) is 17.7. The van der Waals surface area contributed by atoms with Gasteiger partial charge in [0.15, 0.2) is 0 Å². The van der Waals surface area contributed by atoms with Crippen molar-refractivity contribution >= 4 is 22.0 Å². The minimum Gasteiger partial charge on any atom is -0.444 e. The molecule has 0 aromatic heterocycles. The highest BCUT2D eigenvalue weighted by atomic mass is 79.9. The van der Waals surface area contributed by atoms with E-state index < -0.39 is 5.60 Å². The lowest BCUT2D eigenvalue weighted by Gasteiger charge is -2.48. The van der Waals surface area contributed by atoms with Gasteiger partial charge >= 0.3 is 6.09 Å². The van der Waals surface area contributed by atoms with Gasteiger partial charge in [-0.25, -0.2) is 9.18 Å². The number of benzene rings is 1. The topological polar surface area (TPSA) is 32.8 Å². The Hall–Kier alpha value is -1.14. The van der Waals surface area contributed by atoms with Crippen LogP contribution in [0.1, 0.15) is 64.4 Å². The summed E-state index contributed by atoms with van der Waals surface area (Å²) in [5.74, 6) is 0.279. The van der Waals surface area contributed by atoms with E-state index in [1.165, 1.54) is 25.3 Å². The maximum atomic E-state index is 13.7. The predicted molar refractivity (Wildman–Crippen MR) is 116 cm³/mol. The first-order valence-corrected chi connectivity index (χ1v) is 11.6. The van der Waals surface area contributed by atoms with Gasteiger partial charge in [0, 0.05) is 29.0 Å². The third kappa shape index (κ3) is 4.63. The summed E-state index contributed by atoms with van der Waals surface area (Å²) in [6, 6.07) is 5.65. The Morgan fingerprint density at radius 2 is 1.90 bits per heavy atom. The second kappa shape index (κ2) is 7.84. The molecule has 1 aromatic rings. The Morgan fingerprint density at radius 1 is 1.21 bits per heavy atom. The van der Waals surface area contributed by atoms with Crippen LogP contribution in [0, 0.1) is 11.2 Å². The van der Waals surface area contributed by atoms with Crippen LogP contribution in [0.4, 0.5) is 9.18 Å². The molecular formula is C23H32BrFN2O2. The van der Waals surface area contributed by atoms with Crippen molar-refractivity contribution in [3.8, 4) is 0 Å². The Morgan fingerprint density at radius 3 is 2.55 bits per heavy atom. The third-order valence-electron chi connectivity index (χ3n) is 6.82. The Balaban J connectivity index is 1.27. The van der Waals surface area contributed by atoms with Gasteiger partial charge in [-0.2, -0.15) is 0 Å². The molecule has 1 spiro atoms. The van der Waals surface area contributed by atoms with Crippen LogP contribution in [0.2, 0.25) is 0 Å². The van der Waals surface area contributed by atoms with E-state index >= 15 is 0 Å². The molecule has 4 nitrogen and oxygen atoms in total. The Bertz CT molecular complexity index is 765. The van der Waals surface area contributed by atoms with Crippen LogP contribution < -0.4 is 0 Å². The van der Waals surface area contributed by atoms with Crippen molar-refractivity contribution < 1.29 is 13.9 Å². The monoisotopic (exact) mass is 466 g/mol. The highest BCUT2D eigenvalue weighted by molar-refractivity contribution is 9.10. The number of carbonyl (C=O) groups excluding carboxylic acids is 1.